The van der Waals surface area contributed by atoms with E-state index in [-0.39, 0.29) is 0 Å². The Kier molecular flexibility index (Phi) is 3.72. The van der Waals surface area contributed by atoms with E-state index in [1.54, 1.807) is 11.3 Å². The van der Waals surface area contributed by atoms with E-state index in [4.69, 9.17) is 0 Å². The summed E-state index contributed by atoms with van der Waals surface area (Å²) in [6.07, 6.45) is 3.28. The maximum atomic E-state index is 4.16. The number of likely N-dealkylation sites (N-methyl/N-ethyl adjacent to an activating group) is 1. The number of hydrogen-bond donors (Lipinski definition) is 1. The van der Waals surface area contributed by atoms with Crippen LogP contribution in [0.5, 0.6) is 0 Å². The summed E-state index contributed by atoms with van der Waals surface area (Å²) < 4.78 is 0. The molecule has 2 heterocycles. The second-order valence-corrected chi connectivity index (χ2v) is 4.97. The van der Waals surface area contributed by atoms with Crippen molar-refractivity contribution >= 4 is 11.3 Å². The van der Waals surface area contributed by atoms with Crippen LogP contribution in [0.3, 0.4) is 0 Å². The Balaban J connectivity index is 2.05. The van der Waals surface area contributed by atoms with Crippen molar-refractivity contribution in [2.45, 2.75) is 32.4 Å². The summed E-state index contributed by atoms with van der Waals surface area (Å²) in [5.74, 6) is 0. The first-order chi connectivity index (χ1) is 7.33. The molecule has 3 nitrogen and oxygen atoms in total. The highest BCUT2D eigenvalue weighted by molar-refractivity contribution is 7.09. The van der Waals surface area contributed by atoms with Crippen LogP contribution in [-0.2, 0) is 0 Å². The quantitative estimate of drug-likeness (QED) is 0.848. The van der Waals surface area contributed by atoms with Crippen molar-refractivity contribution < 1.29 is 0 Å². The molecule has 1 aromatic heterocycles. The molecule has 0 aliphatic carbocycles. The topological polar surface area (TPSA) is 28.2 Å². The number of nitrogens with one attached hydrogen (secondary N) is 1. The summed E-state index contributed by atoms with van der Waals surface area (Å²) >= 11 is 1.76. The molecule has 1 fully saturated rings. The molecule has 2 rings (SSSR count). The second kappa shape index (κ2) is 5.05. The Labute approximate surface area is 95.5 Å². The molecule has 1 aliphatic heterocycles. The Bertz CT molecular complexity index is 280. The first-order valence-corrected chi connectivity index (χ1v) is 6.55. The molecule has 15 heavy (non-hydrogen) atoms. The highest BCUT2D eigenvalue weighted by Gasteiger charge is 2.26. The summed E-state index contributed by atoms with van der Waals surface area (Å²) in [5.41, 5.74) is 1.92. The predicted octanol–water partition coefficient (Wildman–Crippen LogP) is 1.89. The van der Waals surface area contributed by atoms with E-state index in [9.17, 15) is 0 Å². The first kappa shape index (κ1) is 11.0. The lowest BCUT2D eigenvalue weighted by Crippen LogP contribution is -2.38. The molecule has 1 aliphatic rings. The second-order valence-electron chi connectivity index (χ2n) is 4.06. The third-order valence-corrected chi connectivity index (χ3v) is 4.17. The number of aromatic nitrogens is 1. The highest BCUT2D eigenvalue weighted by atomic mass is 32.1. The summed E-state index contributed by atoms with van der Waals surface area (Å²) in [4.78, 5) is 8.12. The molecule has 0 aromatic carbocycles. The van der Waals surface area contributed by atoms with E-state index >= 15 is 0 Å². The van der Waals surface area contributed by atoms with Gasteiger partial charge in [-0.1, -0.05) is 6.92 Å². The number of hydrogen-bond acceptors (Lipinski definition) is 4. The van der Waals surface area contributed by atoms with Gasteiger partial charge in [0.05, 0.1) is 5.51 Å². The van der Waals surface area contributed by atoms with Gasteiger partial charge in [0, 0.05) is 29.7 Å². The average Bonchev–Trinajstić information content (AvgIpc) is 2.91. The average molecular weight is 225 g/mol. The van der Waals surface area contributed by atoms with Crippen LogP contribution in [-0.4, -0.2) is 35.6 Å². The molecule has 0 bridgehead atoms. The van der Waals surface area contributed by atoms with Gasteiger partial charge in [-0.15, -0.1) is 11.3 Å². The minimum atomic E-state index is 0.507. The third-order valence-electron chi connectivity index (χ3n) is 3.23. The largest absolute Gasteiger partial charge is 0.315 e. The zero-order chi connectivity index (χ0) is 10.7. The number of nitrogens with zero attached hydrogens (tertiary/aromatic N) is 2. The van der Waals surface area contributed by atoms with Crippen molar-refractivity contribution in [1.29, 1.82) is 0 Å². The molecule has 0 saturated carbocycles. The number of thiazole rings is 1. The fraction of sp³-hybridized carbons (Fsp3) is 0.727. The molecule has 0 spiro atoms. The standard InChI is InChI=1S/C11H19N3S/c1-3-14(10-4-5-12-6-10)9(2)11-7-13-8-15-11/h7-10,12H,3-6H2,1-2H3. The van der Waals surface area contributed by atoms with Crippen LogP contribution in [0.1, 0.15) is 31.2 Å². The monoisotopic (exact) mass is 225 g/mol. The van der Waals surface area contributed by atoms with Gasteiger partial charge in [-0.05, 0) is 26.4 Å². The van der Waals surface area contributed by atoms with Gasteiger partial charge in [-0.3, -0.25) is 9.88 Å². The molecule has 1 aromatic rings. The Morgan fingerprint density at radius 1 is 1.73 bits per heavy atom. The first-order valence-electron chi connectivity index (χ1n) is 5.67. The molecule has 84 valence electrons. The zero-order valence-corrected chi connectivity index (χ0v) is 10.3. The zero-order valence-electron chi connectivity index (χ0n) is 9.44. The van der Waals surface area contributed by atoms with Gasteiger partial charge < -0.3 is 5.32 Å². The molecule has 2 atom stereocenters. The lowest BCUT2D eigenvalue weighted by molar-refractivity contribution is 0.165. The molecule has 1 N–H and O–H groups in total. The van der Waals surface area contributed by atoms with E-state index < -0.39 is 0 Å². The van der Waals surface area contributed by atoms with E-state index in [0.717, 1.165) is 19.6 Å². The molecule has 4 heteroatoms. The van der Waals surface area contributed by atoms with Crippen LogP contribution in [0.15, 0.2) is 11.7 Å². The summed E-state index contributed by atoms with van der Waals surface area (Å²) in [6.45, 7) is 7.95. The van der Waals surface area contributed by atoms with Crippen molar-refractivity contribution in [1.82, 2.24) is 15.2 Å². The van der Waals surface area contributed by atoms with E-state index in [0.29, 0.717) is 12.1 Å². The predicted molar refractivity (Wildman–Crippen MR) is 64.2 cm³/mol. The van der Waals surface area contributed by atoms with Gasteiger partial charge in [0.25, 0.3) is 0 Å². The van der Waals surface area contributed by atoms with Crippen LogP contribution < -0.4 is 5.32 Å². The molecular formula is C11H19N3S. The molecule has 2 unspecified atom stereocenters. The SMILES string of the molecule is CCN(C1CCNC1)C(C)c1cncs1. The van der Waals surface area contributed by atoms with E-state index in [1.807, 2.05) is 11.7 Å². The van der Waals surface area contributed by atoms with Crippen molar-refractivity contribution in [2.24, 2.45) is 0 Å². The third kappa shape index (κ3) is 2.38. The summed E-state index contributed by atoms with van der Waals surface area (Å²) in [5, 5.41) is 3.43. The van der Waals surface area contributed by atoms with Crippen LogP contribution in [0.2, 0.25) is 0 Å². The van der Waals surface area contributed by atoms with Crippen molar-refractivity contribution in [3.8, 4) is 0 Å². The smallest absolute Gasteiger partial charge is 0.0794 e. The Morgan fingerprint density at radius 2 is 2.60 bits per heavy atom. The van der Waals surface area contributed by atoms with Crippen LogP contribution >= 0.6 is 11.3 Å². The molecule has 1 saturated heterocycles. The van der Waals surface area contributed by atoms with Crippen molar-refractivity contribution in [3.05, 3.63) is 16.6 Å². The van der Waals surface area contributed by atoms with Crippen molar-refractivity contribution in [2.75, 3.05) is 19.6 Å². The van der Waals surface area contributed by atoms with Gasteiger partial charge in [0.2, 0.25) is 0 Å². The van der Waals surface area contributed by atoms with Crippen LogP contribution in [0, 0.1) is 0 Å². The fourth-order valence-corrected chi connectivity index (χ4v) is 3.06. The van der Waals surface area contributed by atoms with Gasteiger partial charge in [-0.25, -0.2) is 0 Å². The lowest BCUT2D eigenvalue weighted by atomic mass is 10.1. The maximum Gasteiger partial charge on any atom is 0.0794 e. The summed E-state index contributed by atoms with van der Waals surface area (Å²) in [6, 6.07) is 1.21. The van der Waals surface area contributed by atoms with Gasteiger partial charge in [0.1, 0.15) is 0 Å². The normalized spacial score (nSPS) is 23.5. The molecule has 0 radical (unpaired) electrons. The van der Waals surface area contributed by atoms with E-state index in [2.05, 4.69) is 29.0 Å². The highest BCUT2D eigenvalue weighted by Crippen LogP contribution is 2.26. The summed E-state index contributed by atoms with van der Waals surface area (Å²) in [7, 11) is 0. The minimum absolute atomic E-state index is 0.507. The van der Waals surface area contributed by atoms with Crippen molar-refractivity contribution in [3.63, 3.8) is 0 Å². The van der Waals surface area contributed by atoms with E-state index in [1.165, 1.54) is 11.3 Å². The van der Waals surface area contributed by atoms with Gasteiger partial charge in [0.15, 0.2) is 0 Å². The molecule has 0 amide bonds. The Hall–Kier alpha value is -0.450. The molecular weight excluding hydrogens is 206 g/mol. The number of rotatable bonds is 4. The lowest BCUT2D eigenvalue weighted by Gasteiger charge is -2.32. The fourth-order valence-electron chi connectivity index (χ4n) is 2.37. The maximum absolute atomic E-state index is 4.16. The van der Waals surface area contributed by atoms with Gasteiger partial charge >= 0.3 is 0 Å². The minimum Gasteiger partial charge on any atom is -0.315 e. The van der Waals surface area contributed by atoms with Crippen LogP contribution in [0.25, 0.3) is 0 Å². The Morgan fingerprint density at radius 3 is 3.13 bits per heavy atom. The van der Waals surface area contributed by atoms with Crippen LogP contribution in [0.4, 0.5) is 0 Å². The van der Waals surface area contributed by atoms with Gasteiger partial charge in [-0.2, -0.15) is 0 Å².